The first-order valence-corrected chi connectivity index (χ1v) is 8.46. The zero-order valence-corrected chi connectivity index (χ0v) is 14.0. The van der Waals surface area contributed by atoms with Gasteiger partial charge in [0, 0.05) is 36.7 Å². The highest BCUT2D eigenvalue weighted by atomic mass is 16.5. The average molecular weight is 318 g/mol. The second kappa shape index (κ2) is 7.21. The molecular formula is C18H26N2O3. The third kappa shape index (κ3) is 3.96. The number of ether oxygens (including phenoxy) is 2. The van der Waals surface area contributed by atoms with Gasteiger partial charge in [-0.05, 0) is 38.3 Å². The Balaban J connectivity index is 1.64. The Morgan fingerprint density at radius 2 is 2.09 bits per heavy atom. The van der Waals surface area contributed by atoms with Crippen LogP contribution in [-0.4, -0.2) is 44.2 Å². The second-order valence-electron chi connectivity index (χ2n) is 6.39. The number of amides is 1. The van der Waals surface area contributed by atoms with Gasteiger partial charge >= 0.3 is 0 Å². The van der Waals surface area contributed by atoms with Crippen LogP contribution >= 0.6 is 0 Å². The summed E-state index contributed by atoms with van der Waals surface area (Å²) in [5.74, 6) is 1.85. The largest absolute Gasteiger partial charge is 0.497 e. The molecule has 1 N–H and O–H groups in total. The van der Waals surface area contributed by atoms with E-state index in [2.05, 4.69) is 16.3 Å². The summed E-state index contributed by atoms with van der Waals surface area (Å²) in [6, 6.07) is 6.77. The van der Waals surface area contributed by atoms with E-state index in [1.807, 2.05) is 12.1 Å². The van der Waals surface area contributed by atoms with Crippen LogP contribution in [0.5, 0.6) is 11.5 Å². The van der Waals surface area contributed by atoms with Crippen LogP contribution in [0.3, 0.4) is 0 Å². The molecule has 1 aliphatic carbocycles. The number of nitrogens with one attached hydrogen (secondary N) is 1. The summed E-state index contributed by atoms with van der Waals surface area (Å²) >= 11 is 0. The molecule has 1 saturated heterocycles. The molecule has 23 heavy (non-hydrogen) atoms. The molecule has 1 atom stereocenters. The highest BCUT2D eigenvalue weighted by molar-refractivity contribution is 5.76. The zero-order chi connectivity index (χ0) is 16.2. The summed E-state index contributed by atoms with van der Waals surface area (Å²) in [6.07, 6.45) is 5.12. The fourth-order valence-electron chi connectivity index (χ4n) is 3.31. The van der Waals surface area contributed by atoms with E-state index in [1.165, 1.54) is 5.56 Å². The maximum Gasteiger partial charge on any atom is 0.221 e. The molecule has 1 heterocycles. The number of benzene rings is 1. The van der Waals surface area contributed by atoms with Gasteiger partial charge in [0.2, 0.25) is 5.91 Å². The van der Waals surface area contributed by atoms with Gasteiger partial charge in [-0.3, -0.25) is 9.69 Å². The first-order valence-electron chi connectivity index (χ1n) is 8.46. The topological polar surface area (TPSA) is 50.8 Å². The summed E-state index contributed by atoms with van der Waals surface area (Å²) in [7, 11) is 3.36. The Hall–Kier alpha value is -1.75. The average Bonchev–Trinajstić information content (AvgIpc) is 3.26. The first-order chi connectivity index (χ1) is 11.2. The lowest BCUT2D eigenvalue weighted by Gasteiger charge is -2.26. The molecule has 1 aromatic carbocycles. The Labute approximate surface area is 137 Å². The van der Waals surface area contributed by atoms with Crippen molar-refractivity contribution >= 4 is 5.91 Å². The minimum absolute atomic E-state index is 0.180. The Morgan fingerprint density at radius 3 is 2.78 bits per heavy atom. The highest BCUT2D eigenvalue weighted by Gasteiger charge is 2.29. The van der Waals surface area contributed by atoms with Crippen molar-refractivity contribution in [3.05, 3.63) is 23.8 Å². The van der Waals surface area contributed by atoms with Crippen LogP contribution in [0.1, 0.15) is 43.7 Å². The van der Waals surface area contributed by atoms with Crippen molar-refractivity contribution in [3.8, 4) is 11.5 Å². The van der Waals surface area contributed by atoms with Crippen LogP contribution in [-0.2, 0) is 4.79 Å². The fraction of sp³-hybridized carbons (Fsp3) is 0.611. The van der Waals surface area contributed by atoms with Gasteiger partial charge < -0.3 is 14.8 Å². The maximum atomic E-state index is 11.9. The smallest absolute Gasteiger partial charge is 0.221 e. The number of carbonyl (C=O) groups excluding carboxylic acids is 1. The Bertz CT molecular complexity index is 557. The van der Waals surface area contributed by atoms with Gasteiger partial charge in [-0.2, -0.15) is 0 Å². The summed E-state index contributed by atoms with van der Waals surface area (Å²) in [6.45, 7) is 1.84. The molecule has 0 unspecified atom stereocenters. The van der Waals surface area contributed by atoms with E-state index in [1.54, 1.807) is 14.2 Å². The van der Waals surface area contributed by atoms with Crippen LogP contribution in [0.15, 0.2) is 18.2 Å². The van der Waals surface area contributed by atoms with Crippen molar-refractivity contribution in [1.82, 2.24) is 10.2 Å². The third-order valence-corrected chi connectivity index (χ3v) is 4.73. The van der Waals surface area contributed by atoms with Gasteiger partial charge in [0.05, 0.1) is 14.2 Å². The first kappa shape index (κ1) is 16.1. The number of hydrogen-bond acceptors (Lipinski definition) is 4. The molecule has 1 aromatic rings. The Morgan fingerprint density at radius 1 is 1.26 bits per heavy atom. The van der Waals surface area contributed by atoms with Crippen molar-refractivity contribution in [1.29, 1.82) is 0 Å². The van der Waals surface area contributed by atoms with Crippen LogP contribution in [0.2, 0.25) is 0 Å². The highest BCUT2D eigenvalue weighted by Crippen LogP contribution is 2.38. The number of carbonyl (C=O) groups is 1. The van der Waals surface area contributed by atoms with Gasteiger partial charge in [0.15, 0.2) is 0 Å². The van der Waals surface area contributed by atoms with Crippen molar-refractivity contribution < 1.29 is 14.3 Å². The van der Waals surface area contributed by atoms with E-state index in [9.17, 15) is 4.79 Å². The van der Waals surface area contributed by atoms with E-state index in [0.29, 0.717) is 18.5 Å². The van der Waals surface area contributed by atoms with Crippen molar-refractivity contribution in [2.24, 2.45) is 0 Å². The van der Waals surface area contributed by atoms with Gasteiger partial charge in [-0.15, -0.1) is 0 Å². The molecule has 5 nitrogen and oxygen atoms in total. The molecule has 2 aliphatic rings. The van der Waals surface area contributed by atoms with Crippen LogP contribution in [0, 0.1) is 0 Å². The van der Waals surface area contributed by atoms with Gasteiger partial charge in [-0.1, -0.05) is 6.07 Å². The quantitative estimate of drug-likeness (QED) is 0.839. The molecule has 3 rings (SSSR count). The summed E-state index contributed by atoms with van der Waals surface area (Å²) < 4.78 is 10.8. The zero-order valence-electron chi connectivity index (χ0n) is 14.0. The molecule has 1 saturated carbocycles. The molecule has 0 aromatic heterocycles. The van der Waals surface area contributed by atoms with E-state index >= 15 is 0 Å². The number of rotatable bonds is 7. The summed E-state index contributed by atoms with van der Waals surface area (Å²) in [4.78, 5) is 14.3. The van der Waals surface area contributed by atoms with E-state index in [0.717, 1.165) is 50.3 Å². The summed E-state index contributed by atoms with van der Waals surface area (Å²) in [5.41, 5.74) is 1.19. The number of likely N-dealkylation sites (tertiary alicyclic amines) is 1. The van der Waals surface area contributed by atoms with Crippen LogP contribution in [0.4, 0.5) is 0 Å². The molecule has 1 amide bonds. The van der Waals surface area contributed by atoms with Crippen LogP contribution < -0.4 is 14.8 Å². The monoisotopic (exact) mass is 318 g/mol. The molecule has 126 valence electrons. The minimum Gasteiger partial charge on any atom is -0.497 e. The molecular weight excluding hydrogens is 292 g/mol. The lowest BCUT2D eigenvalue weighted by Crippen LogP contribution is -2.31. The SMILES string of the molecule is COc1ccc([C@H]2CCCN2CCC(=O)NC2CC2)c(OC)c1. The third-order valence-electron chi connectivity index (χ3n) is 4.73. The van der Waals surface area contributed by atoms with E-state index in [-0.39, 0.29) is 5.91 Å². The molecule has 2 fully saturated rings. The van der Waals surface area contributed by atoms with Gasteiger partial charge in [0.1, 0.15) is 11.5 Å². The molecule has 0 bridgehead atoms. The number of methoxy groups -OCH3 is 2. The molecule has 0 spiro atoms. The normalized spacial score (nSPS) is 21.2. The van der Waals surface area contributed by atoms with E-state index < -0.39 is 0 Å². The lowest BCUT2D eigenvalue weighted by molar-refractivity contribution is -0.121. The van der Waals surface area contributed by atoms with Gasteiger partial charge in [-0.25, -0.2) is 0 Å². The van der Waals surface area contributed by atoms with Crippen LogP contribution in [0.25, 0.3) is 0 Å². The lowest BCUT2D eigenvalue weighted by atomic mass is 10.0. The predicted octanol–water partition coefficient (Wildman–Crippen LogP) is 2.51. The van der Waals surface area contributed by atoms with E-state index in [4.69, 9.17) is 9.47 Å². The summed E-state index contributed by atoms with van der Waals surface area (Å²) in [5, 5.41) is 3.06. The molecule has 0 radical (unpaired) electrons. The predicted molar refractivity (Wildman–Crippen MR) is 88.9 cm³/mol. The number of hydrogen-bond donors (Lipinski definition) is 1. The van der Waals surface area contributed by atoms with Crippen molar-refractivity contribution in [2.75, 3.05) is 27.3 Å². The van der Waals surface area contributed by atoms with Crippen molar-refractivity contribution in [3.63, 3.8) is 0 Å². The number of nitrogens with zero attached hydrogens (tertiary/aromatic N) is 1. The van der Waals surface area contributed by atoms with Gasteiger partial charge in [0.25, 0.3) is 0 Å². The van der Waals surface area contributed by atoms with Crippen molar-refractivity contribution in [2.45, 2.75) is 44.2 Å². The molecule has 5 heteroatoms. The minimum atomic E-state index is 0.180. The molecule has 1 aliphatic heterocycles. The maximum absolute atomic E-state index is 11.9. The second-order valence-corrected chi connectivity index (χ2v) is 6.39. The Kier molecular flexibility index (Phi) is 5.06. The fourth-order valence-corrected chi connectivity index (χ4v) is 3.31. The standard InChI is InChI=1S/C18H26N2O3/c1-22-14-7-8-15(17(12-14)23-2)16-4-3-10-20(16)11-9-18(21)19-13-5-6-13/h7-8,12-13,16H,3-6,9-11H2,1-2H3,(H,19,21)/t16-/m1/s1.